The van der Waals surface area contributed by atoms with Crippen LogP contribution >= 0.6 is 0 Å². The van der Waals surface area contributed by atoms with Gasteiger partial charge in [-0.2, -0.15) is 0 Å². The van der Waals surface area contributed by atoms with Crippen LogP contribution in [0.4, 0.5) is 5.88 Å². The van der Waals surface area contributed by atoms with Gasteiger partial charge in [0.15, 0.2) is 0 Å². The van der Waals surface area contributed by atoms with E-state index in [1.54, 1.807) is 6.07 Å². The van der Waals surface area contributed by atoms with Gasteiger partial charge in [-0.1, -0.05) is 37.6 Å². The van der Waals surface area contributed by atoms with Gasteiger partial charge in [0, 0.05) is 0 Å². The van der Waals surface area contributed by atoms with Crippen molar-refractivity contribution >= 4 is 5.88 Å². The van der Waals surface area contributed by atoms with E-state index in [-0.39, 0.29) is 5.88 Å². The number of hydrogen-bond acceptors (Lipinski definition) is 4. The van der Waals surface area contributed by atoms with Crippen LogP contribution in [0.15, 0.2) is 40.8 Å². The second-order valence-electron chi connectivity index (χ2n) is 4.40. The van der Waals surface area contributed by atoms with E-state index in [1.807, 2.05) is 24.3 Å². The van der Waals surface area contributed by atoms with Crippen LogP contribution in [0.5, 0.6) is 0 Å². The first-order valence-electron chi connectivity index (χ1n) is 6.20. The van der Waals surface area contributed by atoms with Crippen LogP contribution in [0.3, 0.4) is 0 Å². The molecule has 1 aromatic heterocycles. The van der Waals surface area contributed by atoms with Crippen LogP contribution in [0.2, 0.25) is 0 Å². The first-order chi connectivity index (χ1) is 9.11. The monoisotopic (exact) mass is 260 g/mol. The predicted octanol–water partition coefficient (Wildman–Crippen LogP) is 3.19. The lowest BCUT2D eigenvalue weighted by Gasteiger charge is -2.09. The van der Waals surface area contributed by atoms with E-state index >= 15 is 0 Å². The Labute approximate surface area is 111 Å². The van der Waals surface area contributed by atoms with Crippen LogP contribution < -0.4 is 5.73 Å². The minimum Gasteiger partial charge on any atom is -0.404 e. The molecule has 19 heavy (non-hydrogen) atoms. The molecule has 0 aliphatic heterocycles. The molecule has 100 valence electrons. The van der Waals surface area contributed by atoms with Crippen molar-refractivity contribution in [2.75, 3.05) is 0 Å². The Balaban J connectivity index is 2.17. The van der Waals surface area contributed by atoms with Crippen LogP contribution in [-0.2, 0) is 6.42 Å². The summed E-state index contributed by atoms with van der Waals surface area (Å²) in [6, 6.07) is 10.3. The van der Waals surface area contributed by atoms with Gasteiger partial charge in [0.05, 0.1) is 12.1 Å². The highest BCUT2D eigenvalue weighted by Gasteiger charge is 2.18. The van der Waals surface area contributed by atoms with Crippen molar-refractivity contribution < 1.29 is 9.34 Å². The zero-order valence-electron chi connectivity index (χ0n) is 10.7. The van der Waals surface area contributed by atoms with Crippen LogP contribution in [0.1, 0.15) is 36.3 Å². The van der Waals surface area contributed by atoms with E-state index in [0.29, 0.717) is 5.76 Å². The molecule has 1 aromatic carbocycles. The van der Waals surface area contributed by atoms with Crippen LogP contribution in [0.25, 0.3) is 0 Å². The second kappa shape index (κ2) is 5.67. The first kappa shape index (κ1) is 13.3. The molecule has 5 heteroatoms. The lowest BCUT2D eigenvalue weighted by Crippen LogP contribution is -2.10. The summed E-state index contributed by atoms with van der Waals surface area (Å²) in [5, 5.41) is 10.6. The third kappa shape index (κ3) is 3.00. The highest BCUT2D eigenvalue weighted by atomic mass is 16.6. The van der Waals surface area contributed by atoms with Gasteiger partial charge in [0.2, 0.25) is 0 Å². The molecule has 2 N–H and O–H groups in total. The van der Waals surface area contributed by atoms with Crippen molar-refractivity contribution in [2.45, 2.75) is 25.8 Å². The van der Waals surface area contributed by atoms with Gasteiger partial charge in [0.1, 0.15) is 10.7 Å². The standard InChI is InChI=1S/C14H16N2O3/c1-2-3-10-4-6-11(7-5-10)14(15)12-8-9-13(19-12)16(17)18/h4-9,14H,2-3,15H2,1H3. The molecule has 0 bridgehead atoms. The number of rotatable bonds is 5. The fourth-order valence-corrected chi connectivity index (χ4v) is 1.95. The number of nitrogens with two attached hydrogens (primary N) is 1. The van der Waals surface area contributed by atoms with Crippen molar-refractivity contribution in [2.24, 2.45) is 5.73 Å². The van der Waals surface area contributed by atoms with Crippen molar-refractivity contribution in [1.29, 1.82) is 0 Å². The van der Waals surface area contributed by atoms with Crippen LogP contribution in [0, 0.1) is 10.1 Å². The molecule has 0 fully saturated rings. The average Bonchev–Trinajstić information content (AvgIpc) is 2.89. The number of furan rings is 1. The number of benzene rings is 1. The van der Waals surface area contributed by atoms with Gasteiger partial charge in [-0.15, -0.1) is 0 Å². The van der Waals surface area contributed by atoms with Gasteiger partial charge in [0.25, 0.3) is 0 Å². The van der Waals surface area contributed by atoms with Gasteiger partial charge >= 0.3 is 5.88 Å². The van der Waals surface area contributed by atoms with Gasteiger partial charge in [-0.05, 0) is 23.6 Å². The van der Waals surface area contributed by atoms with E-state index < -0.39 is 11.0 Å². The van der Waals surface area contributed by atoms with Crippen molar-refractivity contribution in [3.05, 3.63) is 63.4 Å². The number of nitro groups is 1. The molecule has 0 spiro atoms. The number of nitrogens with zero attached hydrogens (tertiary/aromatic N) is 1. The van der Waals surface area contributed by atoms with Gasteiger partial charge < -0.3 is 10.2 Å². The minimum atomic E-state index is -0.569. The Morgan fingerprint density at radius 3 is 2.47 bits per heavy atom. The predicted molar refractivity (Wildman–Crippen MR) is 71.8 cm³/mol. The van der Waals surface area contributed by atoms with E-state index in [9.17, 15) is 10.1 Å². The average molecular weight is 260 g/mol. The summed E-state index contributed by atoms with van der Waals surface area (Å²) >= 11 is 0. The summed E-state index contributed by atoms with van der Waals surface area (Å²) in [7, 11) is 0. The first-order valence-corrected chi connectivity index (χ1v) is 6.20. The van der Waals surface area contributed by atoms with Gasteiger partial charge in [-0.3, -0.25) is 10.1 Å². The Morgan fingerprint density at radius 2 is 1.95 bits per heavy atom. The Bertz CT molecular complexity index is 560. The maximum absolute atomic E-state index is 10.6. The molecule has 0 aliphatic carbocycles. The van der Waals surface area contributed by atoms with Crippen molar-refractivity contribution in [3.63, 3.8) is 0 Å². The Morgan fingerprint density at radius 1 is 1.26 bits per heavy atom. The summed E-state index contributed by atoms with van der Waals surface area (Å²) in [5.74, 6) is 0.114. The molecular formula is C14H16N2O3. The smallest absolute Gasteiger partial charge is 0.404 e. The topological polar surface area (TPSA) is 82.3 Å². The van der Waals surface area contributed by atoms with E-state index in [1.165, 1.54) is 11.6 Å². The van der Waals surface area contributed by atoms with E-state index in [2.05, 4.69) is 6.92 Å². The van der Waals surface area contributed by atoms with E-state index in [4.69, 9.17) is 10.2 Å². The minimum absolute atomic E-state index is 0.284. The molecular weight excluding hydrogens is 244 g/mol. The van der Waals surface area contributed by atoms with Crippen LogP contribution in [-0.4, -0.2) is 4.92 Å². The summed E-state index contributed by atoms with van der Waals surface area (Å²) in [4.78, 5) is 9.99. The number of hydrogen-bond donors (Lipinski definition) is 1. The summed E-state index contributed by atoms with van der Waals surface area (Å²) in [6.45, 7) is 2.13. The summed E-state index contributed by atoms with van der Waals surface area (Å²) in [5.41, 5.74) is 8.17. The molecule has 0 radical (unpaired) electrons. The molecule has 0 saturated carbocycles. The zero-order chi connectivity index (χ0) is 13.8. The molecule has 1 heterocycles. The fourth-order valence-electron chi connectivity index (χ4n) is 1.95. The SMILES string of the molecule is CCCc1ccc(C(N)c2ccc([N+](=O)[O-])o2)cc1. The third-order valence-corrected chi connectivity index (χ3v) is 2.98. The highest BCUT2D eigenvalue weighted by Crippen LogP contribution is 2.25. The Kier molecular flexibility index (Phi) is 3.97. The molecule has 0 aliphatic rings. The van der Waals surface area contributed by atoms with Crippen molar-refractivity contribution in [1.82, 2.24) is 0 Å². The lowest BCUT2D eigenvalue weighted by atomic mass is 10.0. The molecule has 0 amide bonds. The highest BCUT2D eigenvalue weighted by molar-refractivity contribution is 5.31. The third-order valence-electron chi connectivity index (χ3n) is 2.98. The normalized spacial score (nSPS) is 12.3. The number of aryl methyl sites for hydroxylation is 1. The largest absolute Gasteiger partial charge is 0.433 e. The molecule has 2 rings (SSSR count). The maximum atomic E-state index is 10.6. The molecule has 2 aromatic rings. The lowest BCUT2D eigenvalue weighted by molar-refractivity contribution is -0.402. The maximum Gasteiger partial charge on any atom is 0.433 e. The summed E-state index contributed by atoms with van der Waals surface area (Å²) < 4.78 is 5.11. The second-order valence-corrected chi connectivity index (χ2v) is 4.40. The van der Waals surface area contributed by atoms with Gasteiger partial charge in [-0.25, -0.2) is 0 Å². The molecule has 1 unspecified atom stereocenters. The van der Waals surface area contributed by atoms with E-state index in [0.717, 1.165) is 18.4 Å². The summed E-state index contributed by atoms with van der Waals surface area (Å²) in [6.07, 6.45) is 2.12. The molecule has 1 atom stereocenters. The quantitative estimate of drug-likeness (QED) is 0.661. The van der Waals surface area contributed by atoms with Crippen molar-refractivity contribution in [3.8, 4) is 0 Å². The Hall–Kier alpha value is -2.14. The zero-order valence-corrected chi connectivity index (χ0v) is 10.7. The fraction of sp³-hybridized carbons (Fsp3) is 0.286. The molecule has 5 nitrogen and oxygen atoms in total. The molecule has 0 saturated heterocycles.